The van der Waals surface area contributed by atoms with Gasteiger partial charge >= 0.3 is 5.97 Å². The molecule has 2 N–H and O–H groups in total. The van der Waals surface area contributed by atoms with Crippen molar-refractivity contribution in [1.29, 1.82) is 0 Å². The summed E-state index contributed by atoms with van der Waals surface area (Å²) in [6.45, 7) is 0. The highest BCUT2D eigenvalue weighted by atomic mass is 35.5. The number of carbonyl (C=O) groups excluding carboxylic acids is 1. The molecule has 0 bridgehead atoms. The maximum Gasteiger partial charge on any atom is 0.327 e. The molecule has 3 nitrogen and oxygen atoms in total. The van der Waals surface area contributed by atoms with Crippen molar-refractivity contribution in [1.82, 2.24) is 0 Å². The molecule has 0 aliphatic carbocycles. The largest absolute Gasteiger partial charge is 0.468 e. The third-order valence-electron chi connectivity index (χ3n) is 1.75. The van der Waals surface area contributed by atoms with Gasteiger partial charge in [0, 0.05) is 15.6 Å². The summed E-state index contributed by atoms with van der Waals surface area (Å²) in [5.41, 5.74) is 6.07. The normalized spacial score (nSPS) is 11.5. The van der Waals surface area contributed by atoms with E-state index in [0.717, 1.165) is 0 Å². The molecule has 0 aliphatic rings. The Labute approximate surface area is 104 Å². The summed E-state index contributed by atoms with van der Waals surface area (Å²) in [7, 11) is 1.26. The number of rotatable bonds is 2. The number of methoxy groups -OCH3 is 1. The maximum absolute atomic E-state index is 11.1. The van der Waals surface area contributed by atoms with Crippen LogP contribution >= 0.6 is 35.6 Å². The Kier molecular flexibility index (Phi) is 5.98. The molecular formula is C9H10Cl3NO2. The fraction of sp³-hybridized carbons (Fsp3) is 0.222. The molecule has 0 amide bonds. The molecule has 1 rings (SSSR count). The van der Waals surface area contributed by atoms with Crippen LogP contribution in [0.5, 0.6) is 0 Å². The highest BCUT2D eigenvalue weighted by Crippen LogP contribution is 2.25. The lowest BCUT2D eigenvalue weighted by molar-refractivity contribution is -0.142. The van der Waals surface area contributed by atoms with E-state index in [2.05, 4.69) is 4.74 Å². The van der Waals surface area contributed by atoms with E-state index < -0.39 is 12.0 Å². The monoisotopic (exact) mass is 269 g/mol. The van der Waals surface area contributed by atoms with Gasteiger partial charge in [-0.05, 0) is 18.2 Å². The van der Waals surface area contributed by atoms with E-state index in [9.17, 15) is 4.79 Å². The van der Waals surface area contributed by atoms with Crippen LogP contribution in [0.2, 0.25) is 10.0 Å². The van der Waals surface area contributed by atoms with Gasteiger partial charge in [-0.25, -0.2) is 0 Å². The summed E-state index contributed by atoms with van der Waals surface area (Å²) in [6, 6.07) is 3.86. The van der Waals surface area contributed by atoms with Gasteiger partial charge < -0.3 is 10.5 Å². The number of hydrogen-bond donors (Lipinski definition) is 1. The van der Waals surface area contributed by atoms with E-state index in [1.54, 1.807) is 18.2 Å². The van der Waals surface area contributed by atoms with Crippen molar-refractivity contribution in [3.63, 3.8) is 0 Å². The van der Waals surface area contributed by atoms with Crippen LogP contribution in [-0.4, -0.2) is 13.1 Å². The minimum absolute atomic E-state index is 0. The first-order valence-corrected chi connectivity index (χ1v) is 4.60. The van der Waals surface area contributed by atoms with Crippen LogP contribution < -0.4 is 5.73 Å². The predicted molar refractivity (Wildman–Crippen MR) is 62.7 cm³/mol. The number of halogens is 3. The molecule has 6 heteroatoms. The van der Waals surface area contributed by atoms with Crippen LogP contribution in [0.1, 0.15) is 11.6 Å². The SMILES string of the molecule is COC(=O)C(N)c1cc(Cl)ccc1Cl.Cl. The highest BCUT2D eigenvalue weighted by Gasteiger charge is 2.19. The fourth-order valence-corrected chi connectivity index (χ4v) is 1.42. The van der Waals surface area contributed by atoms with Gasteiger partial charge in [0.1, 0.15) is 6.04 Å². The molecule has 0 radical (unpaired) electrons. The fourth-order valence-electron chi connectivity index (χ4n) is 1.01. The number of benzene rings is 1. The zero-order chi connectivity index (χ0) is 10.7. The number of hydrogen-bond acceptors (Lipinski definition) is 3. The second-order valence-corrected chi connectivity index (χ2v) is 3.51. The quantitative estimate of drug-likeness (QED) is 0.841. The van der Waals surface area contributed by atoms with Crippen LogP contribution in [0.25, 0.3) is 0 Å². The van der Waals surface area contributed by atoms with E-state index in [1.165, 1.54) is 7.11 Å². The van der Waals surface area contributed by atoms with Gasteiger partial charge in [0.05, 0.1) is 7.11 Å². The Bertz CT molecular complexity index is 357. The van der Waals surface area contributed by atoms with Crippen molar-refractivity contribution in [3.05, 3.63) is 33.8 Å². The minimum Gasteiger partial charge on any atom is -0.468 e. The predicted octanol–water partition coefficient (Wildman–Crippen LogP) is 2.59. The van der Waals surface area contributed by atoms with Gasteiger partial charge in [0.25, 0.3) is 0 Å². The lowest BCUT2D eigenvalue weighted by Gasteiger charge is -2.11. The first-order chi connectivity index (χ1) is 6.56. The first-order valence-electron chi connectivity index (χ1n) is 3.84. The molecule has 0 aliphatic heterocycles. The molecule has 0 fully saturated rings. The number of nitrogens with two attached hydrogens (primary N) is 1. The zero-order valence-corrected chi connectivity index (χ0v) is 10.2. The number of carbonyl (C=O) groups is 1. The summed E-state index contributed by atoms with van der Waals surface area (Å²) < 4.78 is 4.50. The number of esters is 1. The lowest BCUT2D eigenvalue weighted by Crippen LogP contribution is -2.22. The molecule has 1 aromatic rings. The molecule has 0 spiro atoms. The third-order valence-corrected chi connectivity index (χ3v) is 2.33. The third kappa shape index (κ3) is 3.54. The van der Waals surface area contributed by atoms with Crippen LogP contribution in [0.15, 0.2) is 18.2 Å². The molecule has 0 aromatic heterocycles. The van der Waals surface area contributed by atoms with E-state index in [0.29, 0.717) is 15.6 Å². The summed E-state index contributed by atoms with van der Waals surface area (Å²) in [5, 5.41) is 0.871. The van der Waals surface area contributed by atoms with E-state index in [-0.39, 0.29) is 12.4 Å². The second-order valence-electron chi connectivity index (χ2n) is 2.67. The first kappa shape index (κ1) is 14.5. The van der Waals surface area contributed by atoms with Crippen molar-refractivity contribution in [2.45, 2.75) is 6.04 Å². The zero-order valence-electron chi connectivity index (χ0n) is 7.87. The van der Waals surface area contributed by atoms with Crippen molar-refractivity contribution >= 4 is 41.6 Å². The van der Waals surface area contributed by atoms with Crippen molar-refractivity contribution in [2.24, 2.45) is 5.73 Å². The molecule has 1 aromatic carbocycles. The van der Waals surface area contributed by atoms with E-state index in [1.807, 2.05) is 0 Å². The molecular weight excluding hydrogens is 260 g/mol. The number of ether oxygens (including phenoxy) is 1. The highest BCUT2D eigenvalue weighted by molar-refractivity contribution is 6.33. The summed E-state index contributed by atoms with van der Waals surface area (Å²) in [5.74, 6) is -0.547. The van der Waals surface area contributed by atoms with Crippen LogP contribution in [0, 0.1) is 0 Å². The van der Waals surface area contributed by atoms with Gasteiger partial charge in [-0.3, -0.25) is 4.79 Å². The van der Waals surface area contributed by atoms with Crippen LogP contribution in [0.3, 0.4) is 0 Å². The standard InChI is InChI=1S/C9H9Cl2NO2.ClH/c1-14-9(13)8(12)6-4-5(10)2-3-7(6)11;/h2-4,8H,12H2,1H3;1H. The molecule has 15 heavy (non-hydrogen) atoms. The lowest BCUT2D eigenvalue weighted by atomic mass is 10.1. The van der Waals surface area contributed by atoms with Gasteiger partial charge in [-0.2, -0.15) is 0 Å². The van der Waals surface area contributed by atoms with Gasteiger partial charge in [0.2, 0.25) is 0 Å². The van der Waals surface area contributed by atoms with Gasteiger partial charge in [-0.1, -0.05) is 23.2 Å². The molecule has 1 atom stereocenters. The average molecular weight is 271 g/mol. The molecule has 1 unspecified atom stereocenters. The van der Waals surface area contributed by atoms with E-state index in [4.69, 9.17) is 28.9 Å². The average Bonchev–Trinajstić information content (AvgIpc) is 2.19. The van der Waals surface area contributed by atoms with E-state index >= 15 is 0 Å². The van der Waals surface area contributed by atoms with Crippen molar-refractivity contribution in [2.75, 3.05) is 7.11 Å². The van der Waals surface area contributed by atoms with Crippen molar-refractivity contribution in [3.8, 4) is 0 Å². The van der Waals surface area contributed by atoms with Crippen molar-refractivity contribution < 1.29 is 9.53 Å². The Hall–Kier alpha value is -0.480. The van der Waals surface area contributed by atoms with Crippen LogP contribution in [-0.2, 0) is 9.53 Å². The van der Waals surface area contributed by atoms with Gasteiger partial charge in [0.15, 0.2) is 0 Å². The maximum atomic E-state index is 11.1. The molecule has 0 heterocycles. The Morgan fingerprint density at radius 2 is 2.07 bits per heavy atom. The molecule has 84 valence electrons. The molecule has 0 saturated carbocycles. The smallest absolute Gasteiger partial charge is 0.327 e. The minimum atomic E-state index is -0.897. The summed E-state index contributed by atoms with van der Waals surface area (Å²) >= 11 is 11.6. The Balaban J connectivity index is 0.00000196. The summed E-state index contributed by atoms with van der Waals surface area (Å²) in [6.07, 6.45) is 0. The summed E-state index contributed by atoms with van der Waals surface area (Å²) in [4.78, 5) is 11.1. The van der Waals surface area contributed by atoms with Crippen LogP contribution in [0.4, 0.5) is 0 Å². The topological polar surface area (TPSA) is 52.3 Å². The second kappa shape index (κ2) is 6.18. The molecule has 0 saturated heterocycles. The Morgan fingerprint density at radius 3 is 2.60 bits per heavy atom. The Morgan fingerprint density at radius 1 is 1.47 bits per heavy atom. The van der Waals surface area contributed by atoms with Gasteiger partial charge in [-0.15, -0.1) is 12.4 Å².